The molecule has 19 heavy (non-hydrogen) atoms. The average Bonchev–Trinajstić information content (AvgIpc) is 2.31. The molecule has 0 aliphatic carbocycles. The molecule has 0 heterocycles. The Balaban J connectivity index is 2.91. The van der Waals surface area contributed by atoms with Gasteiger partial charge in [0.2, 0.25) is 0 Å². The monoisotopic (exact) mass is 333 g/mol. The van der Waals surface area contributed by atoms with Crippen LogP contribution in [0.1, 0.15) is 16.8 Å². The normalized spacial score (nSPS) is 11.7. The summed E-state index contributed by atoms with van der Waals surface area (Å²) < 4.78 is 13.1. The number of carboxylic acid groups (broad SMARTS) is 2. The van der Waals surface area contributed by atoms with Crippen LogP contribution in [0.4, 0.5) is 4.39 Å². The molecular weight excluding hydrogens is 325 g/mol. The summed E-state index contributed by atoms with van der Waals surface area (Å²) in [6, 6.07) is 2.09. The van der Waals surface area contributed by atoms with Gasteiger partial charge < -0.3 is 15.5 Å². The number of carbonyl (C=O) groups excluding carboxylic acids is 1. The van der Waals surface area contributed by atoms with E-state index in [2.05, 4.69) is 15.9 Å². The second-order valence-electron chi connectivity index (χ2n) is 3.56. The van der Waals surface area contributed by atoms with E-state index in [0.717, 1.165) is 6.07 Å². The lowest BCUT2D eigenvalue weighted by molar-refractivity contribution is -0.145. The zero-order chi connectivity index (χ0) is 14.6. The summed E-state index contributed by atoms with van der Waals surface area (Å²) in [6.45, 7) is 0. The predicted molar refractivity (Wildman–Crippen MR) is 65.2 cm³/mol. The van der Waals surface area contributed by atoms with Gasteiger partial charge >= 0.3 is 11.9 Å². The number of hydrogen-bond donors (Lipinski definition) is 3. The fraction of sp³-hybridized carbons (Fsp3) is 0.182. The number of benzene rings is 1. The van der Waals surface area contributed by atoms with Gasteiger partial charge in [0.25, 0.3) is 5.91 Å². The third kappa shape index (κ3) is 4.02. The van der Waals surface area contributed by atoms with Crippen molar-refractivity contribution in [2.24, 2.45) is 0 Å². The van der Waals surface area contributed by atoms with Crippen LogP contribution >= 0.6 is 15.9 Å². The van der Waals surface area contributed by atoms with Gasteiger partial charge in [-0.1, -0.05) is 6.07 Å². The number of rotatable bonds is 5. The van der Waals surface area contributed by atoms with Crippen molar-refractivity contribution in [3.8, 4) is 0 Å². The first-order chi connectivity index (χ1) is 8.82. The number of halogens is 2. The van der Waals surface area contributed by atoms with Crippen LogP contribution in [0.15, 0.2) is 22.7 Å². The van der Waals surface area contributed by atoms with Crippen LogP contribution in [0.5, 0.6) is 0 Å². The summed E-state index contributed by atoms with van der Waals surface area (Å²) in [5.74, 6) is -4.41. The minimum absolute atomic E-state index is 0.114. The Morgan fingerprint density at radius 3 is 2.47 bits per heavy atom. The minimum Gasteiger partial charge on any atom is -0.481 e. The highest BCUT2D eigenvalue weighted by atomic mass is 79.9. The van der Waals surface area contributed by atoms with Crippen LogP contribution < -0.4 is 5.32 Å². The largest absolute Gasteiger partial charge is 0.481 e. The van der Waals surface area contributed by atoms with Crippen molar-refractivity contribution in [1.82, 2.24) is 5.32 Å². The van der Waals surface area contributed by atoms with Gasteiger partial charge in [0, 0.05) is 0 Å². The lowest BCUT2D eigenvalue weighted by atomic mass is 10.1. The van der Waals surface area contributed by atoms with Crippen LogP contribution in [0.3, 0.4) is 0 Å². The summed E-state index contributed by atoms with van der Waals surface area (Å²) >= 11 is 2.86. The molecule has 0 aliphatic rings. The Labute approximate surface area is 115 Å². The molecule has 0 fully saturated rings. The topological polar surface area (TPSA) is 104 Å². The van der Waals surface area contributed by atoms with E-state index in [1.165, 1.54) is 12.1 Å². The van der Waals surface area contributed by atoms with E-state index in [0.29, 0.717) is 0 Å². The Morgan fingerprint density at radius 1 is 1.32 bits per heavy atom. The van der Waals surface area contributed by atoms with Crippen LogP contribution in [0.25, 0.3) is 0 Å². The standard InChI is InChI=1S/C11H9BrFNO5/c12-9-5(2-1-3-6(9)13)10(17)14-7(11(18)19)4-8(15)16/h1-3,7H,4H2,(H,14,17)(H,15,16)(H,18,19)/t7-/m0/s1. The Hall–Kier alpha value is -1.96. The van der Waals surface area contributed by atoms with Crippen LogP contribution in [0.2, 0.25) is 0 Å². The molecule has 0 saturated heterocycles. The van der Waals surface area contributed by atoms with E-state index >= 15 is 0 Å². The first-order valence-electron chi connectivity index (χ1n) is 5.02. The molecule has 1 atom stereocenters. The van der Waals surface area contributed by atoms with Gasteiger partial charge in [-0.15, -0.1) is 0 Å². The van der Waals surface area contributed by atoms with Gasteiger partial charge in [-0.05, 0) is 28.1 Å². The lowest BCUT2D eigenvalue weighted by Gasteiger charge is -2.13. The zero-order valence-corrected chi connectivity index (χ0v) is 11.0. The van der Waals surface area contributed by atoms with E-state index < -0.39 is 36.1 Å². The molecule has 1 rings (SSSR count). The fourth-order valence-corrected chi connectivity index (χ4v) is 1.73. The molecule has 1 amide bonds. The zero-order valence-electron chi connectivity index (χ0n) is 9.39. The maximum Gasteiger partial charge on any atom is 0.326 e. The molecular formula is C11H9BrFNO5. The van der Waals surface area contributed by atoms with Gasteiger partial charge in [-0.3, -0.25) is 9.59 Å². The van der Waals surface area contributed by atoms with Gasteiger partial charge in [0.15, 0.2) is 0 Å². The number of carboxylic acids is 2. The summed E-state index contributed by atoms with van der Waals surface area (Å²) in [5.41, 5.74) is -0.114. The van der Waals surface area contributed by atoms with E-state index in [1.54, 1.807) is 0 Å². The number of hydrogen-bond acceptors (Lipinski definition) is 3. The molecule has 0 radical (unpaired) electrons. The van der Waals surface area contributed by atoms with Crippen molar-refractivity contribution in [3.63, 3.8) is 0 Å². The molecule has 1 aromatic rings. The second kappa shape index (κ2) is 6.28. The maximum atomic E-state index is 13.2. The summed E-state index contributed by atoms with van der Waals surface area (Å²) in [7, 11) is 0. The summed E-state index contributed by atoms with van der Waals surface area (Å²) in [4.78, 5) is 33.0. The van der Waals surface area contributed by atoms with Crippen molar-refractivity contribution in [1.29, 1.82) is 0 Å². The molecule has 3 N–H and O–H groups in total. The van der Waals surface area contributed by atoms with Gasteiger partial charge in [0.1, 0.15) is 11.9 Å². The molecule has 0 spiro atoms. The Morgan fingerprint density at radius 2 is 1.95 bits per heavy atom. The van der Waals surface area contributed by atoms with E-state index in [4.69, 9.17) is 10.2 Å². The number of carbonyl (C=O) groups is 3. The molecule has 0 saturated carbocycles. The first-order valence-corrected chi connectivity index (χ1v) is 5.81. The Bertz CT molecular complexity index is 534. The first kappa shape index (κ1) is 15.1. The lowest BCUT2D eigenvalue weighted by Crippen LogP contribution is -2.42. The number of nitrogens with one attached hydrogen (secondary N) is 1. The van der Waals surface area contributed by atoms with E-state index in [-0.39, 0.29) is 10.0 Å². The predicted octanol–water partition coefficient (Wildman–Crippen LogP) is 1.25. The van der Waals surface area contributed by atoms with Crippen LogP contribution in [0, 0.1) is 5.82 Å². The number of amides is 1. The summed E-state index contributed by atoms with van der Waals surface area (Å²) in [5, 5.41) is 19.3. The second-order valence-corrected chi connectivity index (χ2v) is 4.36. The van der Waals surface area contributed by atoms with Gasteiger partial charge in [0.05, 0.1) is 16.5 Å². The molecule has 6 nitrogen and oxygen atoms in total. The minimum atomic E-state index is -1.58. The molecule has 102 valence electrons. The van der Waals surface area contributed by atoms with E-state index in [9.17, 15) is 18.8 Å². The van der Waals surface area contributed by atoms with Gasteiger partial charge in [-0.25, -0.2) is 9.18 Å². The van der Waals surface area contributed by atoms with Gasteiger partial charge in [-0.2, -0.15) is 0 Å². The van der Waals surface area contributed by atoms with Crippen molar-refractivity contribution < 1.29 is 29.0 Å². The SMILES string of the molecule is O=C(O)C[C@H](NC(=O)c1cccc(F)c1Br)C(=O)O. The highest BCUT2D eigenvalue weighted by Crippen LogP contribution is 2.20. The molecule has 0 bridgehead atoms. The molecule has 0 unspecified atom stereocenters. The van der Waals surface area contributed by atoms with Crippen molar-refractivity contribution in [2.45, 2.75) is 12.5 Å². The quantitative estimate of drug-likeness (QED) is 0.752. The van der Waals surface area contributed by atoms with Crippen LogP contribution in [-0.4, -0.2) is 34.1 Å². The average molecular weight is 334 g/mol. The Kier molecular flexibility index (Phi) is 4.99. The molecule has 0 aliphatic heterocycles. The molecule has 8 heteroatoms. The smallest absolute Gasteiger partial charge is 0.326 e. The van der Waals surface area contributed by atoms with Crippen LogP contribution in [-0.2, 0) is 9.59 Å². The van der Waals surface area contributed by atoms with Crippen molar-refractivity contribution >= 4 is 33.8 Å². The highest BCUT2D eigenvalue weighted by Gasteiger charge is 2.24. The van der Waals surface area contributed by atoms with Crippen molar-refractivity contribution in [2.75, 3.05) is 0 Å². The number of aliphatic carboxylic acids is 2. The molecule has 1 aromatic carbocycles. The van der Waals surface area contributed by atoms with Crippen molar-refractivity contribution in [3.05, 3.63) is 34.1 Å². The van der Waals surface area contributed by atoms with E-state index in [1.807, 2.05) is 5.32 Å². The maximum absolute atomic E-state index is 13.2. The third-order valence-electron chi connectivity index (χ3n) is 2.18. The third-order valence-corrected chi connectivity index (χ3v) is 2.98. The highest BCUT2D eigenvalue weighted by molar-refractivity contribution is 9.10. The molecule has 0 aromatic heterocycles. The summed E-state index contributed by atoms with van der Waals surface area (Å²) in [6.07, 6.45) is -0.770. The fourth-order valence-electron chi connectivity index (χ4n) is 1.29.